The summed E-state index contributed by atoms with van der Waals surface area (Å²) in [4.78, 5) is 12.1. The van der Waals surface area contributed by atoms with Gasteiger partial charge in [-0.15, -0.1) is 11.3 Å². The van der Waals surface area contributed by atoms with Gasteiger partial charge in [0.15, 0.2) is 0 Å². The van der Waals surface area contributed by atoms with Gasteiger partial charge in [-0.25, -0.2) is 4.79 Å². The summed E-state index contributed by atoms with van der Waals surface area (Å²) < 4.78 is 6.20. The molecule has 17 heavy (non-hydrogen) atoms. The average Bonchev–Trinajstić information content (AvgIpc) is 2.80. The van der Waals surface area contributed by atoms with Gasteiger partial charge in [0.1, 0.15) is 17.9 Å². The molecular formula is C12H9BrO3S. The quantitative estimate of drug-likeness (QED) is 0.934. The summed E-state index contributed by atoms with van der Waals surface area (Å²) in [7, 11) is 0. The zero-order chi connectivity index (χ0) is 12.3. The highest BCUT2D eigenvalue weighted by atomic mass is 79.9. The third kappa shape index (κ3) is 2.87. The van der Waals surface area contributed by atoms with E-state index in [1.165, 1.54) is 6.07 Å². The Morgan fingerprint density at radius 3 is 2.82 bits per heavy atom. The lowest BCUT2D eigenvalue weighted by Crippen LogP contribution is -2.03. The van der Waals surface area contributed by atoms with E-state index in [-0.39, 0.29) is 5.56 Å². The van der Waals surface area contributed by atoms with Crippen molar-refractivity contribution in [3.63, 3.8) is 0 Å². The summed E-state index contributed by atoms with van der Waals surface area (Å²) in [6.07, 6.45) is 0. The molecule has 1 aromatic heterocycles. The van der Waals surface area contributed by atoms with Crippen molar-refractivity contribution in [2.24, 2.45) is 0 Å². The molecule has 1 aromatic carbocycles. The highest BCUT2D eigenvalue weighted by Crippen LogP contribution is 2.30. The Hall–Kier alpha value is -1.33. The Labute approximate surface area is 111 Å². The molecule has 0 saturated heterocycles. The largest absolute Gasteiger partial charge is 0.486 e. The zero-order valence-corrected chi connectivity index (χ0v) is 11.1. The van der Waals surface area contributed by atoms with Crippen molar-refractivity contribution in [1.82, 2.24) is 0 Å². The van der Waals surface area contributed by atoms with Gasteiger partial charge in [-0.1, -0.05) is 12.1 Å². The number of thiophene rings is 1. The minimum absolute atomic E-state index is 0.163. The van der Waals surface area contributed by atoms with Crippen LogP contribution in [0.25, 0.3) is 0 Å². The second-order valence-corrected chi connectivity index (χ2v) is 5.18. The molecular weight excluding hydrogens is 304 g/mol. The van der Waals surface area contributed by atoms with Crippen LogP contribution in [-0.4, -0.2) is 11.1 Å². The van der Waals surface area contributed by atoms with Gasteiger partial charge in [-0.2, -0.15) is 0 Å². The van der Waals surface area contributed by atoms with E-state index in [0.717, 1.165) is 4.88 Å². The summed E-state index contributed by atoms with van der Waals surface area (Å²) in [5.74, 6) is -0.624. The predicted molar refractivity (Wildman–Crippen MR) is 69.8 cm³/mol. The molecule has 2 aromatic rings. The van der Waals surface area contributed by atoms with Crippen molar-refractivity contribution in [1.29, 1.82) is 0 Å². The van der Waals surface area contributed by atoms with Gasteiger partial charge in [-0.3, -0.25) is 0 Å². The number of carbonyl (C=O) groups is 1. The number of aromatic carboxylic acids is 1. The molecule has 1 N–H and O–H groups in total. The van der Waals surface area contributed by atoms with Crippen molar-refractivity contribution in [2.75, 3.05) is 0 Å². The third-order valence-electron chi connectivity index (χ3n) is 2.14. The normalized spacial score (nSPS) is 10.2. The number of rotatable bonds is 4. The number of carboxylic acids is 1. The maximum Gasteiger partial charge on any atom is 0.339 e. The van der Waals surface area contributed by atoms with Gasteiger partial charge in [0.05, 0.1) is 4.47 Å². The number of para-hydroxylation sites is 1. The molecule has 88 valence electrons. The van der Waals surface area contributed by atoms with Crippen molar-refractivity contribution < 1.29 is 14.6 Å². The van der Waals surface area contributed by atoms with Crippen molar-refractivity contribution >= 4 is 33.2 Å². The second kappa shape index (κ2) is 5.33. The second-order valence-electron chi connectivity index (χ2n) is 3.29. The molecule has 3 nitrogen and oxygen atoms in total. The maximum absolute atomic E-state index is 11.0. The summed E-state index contributed by atoms with van der Waals surface area (Å²) in [6.45, 7) is 0.376. The molecule has 0 spiro atoms. The van der Waals surface area contributed by atoms with Crippen LogP contribution < -0.4 is 4.74 Å². The van der Waals surface area contributed by atoms with Crippen LogP contribution in [0.15, 0.2) is 40.2 Å². The summed E-state index contributed by atoms with van der Waals surface area (Å²) in [5.41, 5.74) is 0.163. The first-order valence-corrected chi connectivity index (χ1v) is 6.52. The van der Waals surface area contributed by atoms with E-state index in [0.29, 0.717) is 16.8 Å². The number of hydrogen-bond acceptors (Lipinski definition) is 3. The van der Waals surface area contributed by atoms with E-state index in [9.17, 15) is 4.79 Å². The minimum Gasteiger partial charge on any atom is -0.486 e. The first kappa shape index (κ1) is 12.1. The van der Waals surface area contributed by atoms with Crippen molar-refractivity contribution in [3.05, 3.63) is 50.6 Å². The molecule has 5 heteroatoms. The van der Waals surface area contributed by atoms with Crippen LogP contribution in [0.3, 0.4) is 0 Å². The van der Waals surface area contributed by atoms with E-state index in [2.05, 4.69) is 15.9 Å². The van der Waals surface area contributed by atoms with Crippen LogP contribution in [0.5, 0.6) is 5.75 Å². The van der Waals surface area contributed by atoms with Gasteiger partial charge in [0, 0.05) is 4.88 Å². The van der Waals surface area contributed by atoms with Crippen molar-refractivity contribution in [3.8, 4) is 5.75 Å². The Bertz CT molecular complexity index is 523. The molecule has 0 atom stereocenters. The fraction of sp³-hybridized carbons (Fsp3) is 0.0833. The molecule has 0 aliphatic carbocycles. The standard InChI is InChI=1S/C12H9BrO3S/c13-10-5-1-4-9(12(14)15)11(10)16-7-8-3-2-6-17-8/h1-6H,7H2,(H,14,15). The van der Waals surface area contributed by atoms with Gasteiger partial charge in [-0.05, 0) is 39.5 Å². The molecule has 0 bridgehead atoms. The zero-order valence-electron chi connectivity index (χ0n) is 8.72. The molecule has 0 amide bonds. The Morgan fingerprint density at radius 2 is 2.18 bits per heavy atom. The van der Waals surface area contributed by atoms with Crippen LogP contribution in [0.2, 0.25) is 0 Å². The number of hydrogen-bond donors (Lipinski definition) is 1. The topological polar surface area (TPSA) is 46.5 Å². The molecule has 0 aliphatic heterocycles. The third-order valence-corrected chi connectivity index (χ3v) is 3.61. The summed E-state index contributed by atoms with van der Waals surface area (Å²) >= 11 is 4.87. The summed E-state index contributed by atoms with van der Waals surface area (Å²) in [5, 5.41) is 11.0. The van der Waals surface area contributed by atoms with E-state index < -0.39 is 5.97 Å². The predicted octanol–water partition coefficient (Wildman–Crippen LogP) is 3.79. The molecule has 0 fully saturated rings. The Balaban J connectivity index is 2.22. The lowest BCUT2D eigenvalue weighted by molar-refractivity contribution is 0.0691. The highest BCUT2D eigenvalue weighted by Gasteiger charge is 2.14. The van der Waals surface area contributed by atoms with Gasteiger partial charge >= 0.3 is 5.97 Å². The first-order valence-electron chi connectivity index (χ1n) is 4.85. The molecule has 2 rings (SSSR count). The maximum atomic E-state index is 11.0. The molecule has 0 unspecified atom stereocenters. The minimum atomic E-state index is -0.993. The van der Waals surface area contributed by atoms with Gasteiger partial charge < -0.3 is 9.84 Å². The van der Waals surface area contributed by atoms with Crippen LogP contribution in [0.4, 0.5) is 0 Å². The van der Waals surface area contributed by atoms with E-state index in [1.807, 2.05) is 17.5 Å². The molecule has 0 saturated carbocycles. The van der Waals surface area contributed by atoms with Crippen LogP contribution >= 0.6 is 27.3 Å². The Kier molecular flexibility index (Phi) is 3.81. The number of ether oxygens (including phenoxy) is 1. The van der Waals surface area contributed by atoms with E-state index >= 15 is 0 Å². The lowest BCUT2D eigenvalue weighted by Gasteiger charge is -2.09. The monoisotopic (exact) mass is 312 g/mol. The number of carboxylic acid groups (broad SMARTS) is 1. The van der Waals surface area contributed by atoms with Crippen LogP contribution in [-0.2, 0) is 6.61 Å². The molecule has 0 radical (unpaired) electrons. The average molecular weight is 313 g/mol. The highest BCUT2D eigenvalue weighted by molar-refractivity contribution is 9.10. The van der Waals surface area contributed by atoms with Gasteiger partial charge in [0.2, 0.25) is 0 Å². The van der Waals surface area contributed by atoms with E-state index in [1.54, 1.807) is 23.5 Å². The number of halogens is 1. The lowest BCUT2D eigenvalue weighted by atomic mass is 10.2. The van der Waals surface area contributed by atoms with Crippen LogP contribution in [0.1, 0.15) is 15.2 Å². The smallest absolute Gasteiger partial charge is 0.339 e. The van der Waals surface area contributed by atoms with E-state index in [4.69, 9.17) is 9.84 Å². The Morgan fingerprint density at radius 1 is 1.35 bits per heavy atom. The van der Waals surface area contributed by atoms with Gasteiger partial charge in [0.25, 0.3) is 0 Å². The summed E-state index contributed by atoms with van der Waals surface area (Å²) in [6, 6.07) is 8.84. The van der Waals surface area contributed by atoms with Crippen LogP contribution in [0, 0.1) is 0 Å². The fourth-order valence-corrected chi connectivity index (χ4v) is 2.46. The molecule has 0 aliphatic rings. The fourth-order valence-electron chi connectivity index (χ4n) is 1.36. The first-order chi connectivity index (χ1) is 8.18. The molecule has 1 heterocycles. The number of benzene rings is 1. The van der Waals surface area contributed by atoms with Crippen molar-refractivity contribution in [2.45, 2.75) is 6.61 Å². The SMILES string of the molecule is O=C(O)c1cccc(Br)c1OCc1cccs1.